The van der Waals surface area contributed by atoms with Crippen molar-refractivity contribution < 1.29 is 0 Å². The Hall–Kier alpha value is -0.870. The summed E-state index contributed by atoms with van der Waals surface area (Å²) in [6.07, 6.45) is 6.81. The van der Waals surface area contributed by atoms with Crippen LogP contribution in [-0.4, -0.2) is 41.0 Å². The lowest BCUT2D eigenvalue weighted by Gasteiger charge is -2.27. The first-order valence-electron chi connectivity index (χ1n) is 6.72. The van der Waals surface area contributed by atoms with Crippen LogP contribution in [0.1, 0.15) is 37.6 Å². The lowest BCUT2D eigenvalue weighted by atomic mass is 10.1. The average Bonchev–Trinajstić information content (AvgIpc) is 2.76. The molecule has 2 N–H and O–H groups in total. The number of nitrogens with one attached hydrogen (secondary N) is 2. The van der Waals surface area contributed by atoms with Gasteiger partial charge in [-0.25, -0.2) is 4.98 Å². The molecule has 17 heavy (non-hydrogen) atoms. The van der Waals surface area contributed by atoms with E-state index in [0.29, 0.717) is 6.04 Å². The second kappa shape index (κ2) is 6.17. The molecule has 1 aliphatic rings. The summed E-state index contributed by atoms with van der Waals surface area (Å²) in [6, 6.07) is 0.553. The van der Waals surface area contributed by atoms with Gasteiger partial charge >= 0.3 is 0 Å². The van der Waals surface area contributed by atoms with E-state index in [1.807, 2.05) is 0 Å². The Kier molecular flexibility index (Phi) is 4.57. The molecular weight excluding hydrogens is 212 g/mol. The highest BCUT2D eigenvalue weighted by molar-refractivity contribution is 5.15. The molecular formula is C13H24N4. The summed E-state index contributed by atoms with van der Waals surface area (Å²) in [5, 5.41) is 3.57. The molecule has 0 saturated heterocycles. The number of H-pyrrole nitrogens is 1. The number of aromatic amines is 1. The molecule has 0 spiro atoms. The van der Waals surface area contributed by atoms with Crippen molar-refractivity contribution in [1.29, 1.82) is 0 Å². The third kappa shape index (κ3) is 3.54. The first kappa shape index (κ1) is 12.6. The van der Waals surface area contributed by atoms with Crippen molar-refractivity contribution >= 4 is 0 Å². The molecule has 4 nitrogen and oxygen atoms in total. The van der Waals surface area contributed by atoms with E-state index in [4.69, 9.17) is 0 Å². The number of hydrogen-bond donors (Lipinski definition) is 2. The summed E-state index contributed by atoms with van der Waals surface area (Å²) < 4.78 is 0. The summed E-state index contributed by atoms with van der Waals surface area (Å²) in [5.41, 5.74) is 2.51. The van der Waals surface area contributed by atoms with E-state index in [1.165, 1.54) is 37.2 Å². The first-order chi connectivity index (χ1) is 8.29. The molecule has 1 aliphatic heterocycles. The van der Waals surface area contributed by atoms with Gasteiger partial charge in [0.15, 0.2) is 0 Å². The minimum atomic E-state index is 0.553. The average molecular weight is 236 g/mol. The molecule has 96 valence electrons. The summed E-state index contributed by atoms with van der Waals surface area (Å²) in [4.78, 5) is 10.00. The number of aromatic nitrogens is 2. The Bertz CT molecular complexity index is 334. The summed E-state index contributed by atoms with van der Waals surface area (Å²) in [7, 11) is 2.22. The molecule has 0 amide bonds. The van der Waals surface area contributed by atoms with Crippen LogP contribution < -0.4 is 5.32 Å². The molecule has 1 aromatic rings. The van der Waals surface area contributed by atoms with Crippen LogP contribution in [0.15, 0.2) is 6.33 Å². The predicted octanol–water partition coefficient (Wildman–Crippen LogP) is 1.55. The largest absolute Gasteiger partial charge is 0.347 e. The molecule has 0 saturated carbocycles. The van der Waals surface area contributed by atoms with Crippen molar-refractivity contribution in [2.24, 2.45) is 0 Å². The van der Waals surface area contributed by atoms with Gasteiger partial charge in [-0.3, -0.25) is 0 Å². The summed E-state index contributed by atoms with van der Waals surface area (Å²) >= 11 is 0. The Morgan fingerprint density at radius 1 is 1.47 bits per heavy atom. The highest BCUT2D eigenvalue weighted by Crippen LogP contribution is 2.12. The zero-order chi connectivity index (χ0) is 12.1. The third-order valence-corrected chi connectivity index (χ3v) is 3.49. The Balaban J connectivity index is 1.74. The maximum absolute atomic E-state index is 4.38. The quantitative estimate of drug-likeness (QED) is 0.737. The van der Waals surface area contributed by atoms with Gasteiger partial charge in [0.2, 0.25) is 0 Å². The first-order valence-corrected chi connectivity index (χ1v) is 6.72. The molecule has 0 bridgehead atoms. The monoisotopic (exact) mass is 236 g/mol. The van der Waals surface area contributed by atoms with Gasteiger partial charge < -0.3 is 15.2 Å². The fraction of sp³-hybridized carbons (Fsp3) is 0.769. The minimum Gasteiger partial charge on any atom is -0.347 e. The molecule has 0 aromatic carbocycles. The second-order valence-corrected chi connectivity index (χ2v) is 5.08. The van der Waals surface area contributed by atoms with Crippen LogP contribution in [-0.2, 0) is 13.0 Å². The minimum absolute atomic E-state index is 0.553. The van der Waals surface area contributed by atoms with Gasteiger partial charge in [-0.1, -0.05) is 19.8 Å². The van der Waals surface area contributed by atoms with E-state index in [9.17, 15) is 0 Å². The zero-order valence-corrected chi connectivity index (χ0v) is 11.0. The van der Waals surface area contributed by atoms with Crippen LogP contribution >= 0.6 is 0 Å². The number of hydrogen-bond acceptors (Lipinski definition) is 3. The third-order valence-electron chi connectivity index (χ3n) is 3.49. The van der Waals surface area contributed by atoms with Gasteiger partial charge in [-0.05, 0) is 20.0 Å². The van der Waals surface area contributed by atoms with Crippen LogP contribution in [0.4, 0.5) is 0 Å². The maximum atomic E-state index is 4.38. The lowest BCUT2D eigenvalue weighted by Crippen LogP contribution is -2.43. The molecule has 0 fully saturated rings. The molecule has 1 unspecified atom stereocenters. The van der Waals surface area contributed by atoms with Crippen molar-refractivity contribution in [3.8, 4) is 0 Å². The van der Waals surface area contributed by atoms with Gasteiger partial charge in [0.25, 0.3) is 0 Å². The SMILES string of the molecule is CCCCCN(C)CC1Cc2nc[nH]c2CN1. The van der Waals surface area contributed by atoms with Crippen molar-refractivity contribution in [3.05, 3.63) is 17.7 Å². The molecule has 1 aromatic heterocycles. The molecule has 0 aliphatic carbocycles. The number of unbranched alkanes of at least 4 members (excludes halogenated alkanes) is 2. The van der Waals surface area contributed by atoms with Gasteiger partial charge in [0, 0.05) is 25.6 Å². The Morgan fingerprint density at radius 2 is 2.35 bits per heavy atom. The van der Waals surface area contributed by atoms with Crippen LogP contribution in [0.5, 0.6) is 0 Å². The molecule has 2 heterocycles. The van der Waals surface area contributed by atoms with E-state index >= 15 is 0 Å². The molecule has 0 radical (unpaired) electrons. The maximum Gasteiger partial charge on any atom is 0.0925 e. The van der Waals surface area contributed by atoms with Gasteiger partial charge in [0.1, 0.15) is 0 Å². The summed E-state index contributed by atoms with van der Waals surface area (Å²) in [5.74, 6) is 0. The normalized spacial score (nSPS) is 19.6. The fourth-order valence-corrected chi connectivity index (χ4v) is 2.46. The summed E-state index contributed by atoms with van der Waals surface area (Å²) in [6.45, 7) is 5.51. The van der Waals surface area contributed by atoms with E-state index in [1.54, 1.807) is 6.33 Å². The Labute approximate surface area is 104 Å². The molecule has 2 rings (SSSR count). The van der Waals surface area contributed by atoms with Crippen molar-refractivity contribution in [2.45, 2.75) is 45.2 Å². The Morgan fingerprint density at radius 3 is 3.18 bits per heavy atom. The fourth-order valence-electron chi connectivity index (χ4n) is 2.46. The van der Waals surface area contributed by atoms with Crippen molar-refractivity contribution in [1.82, 2.24) is 20.2 Å². The van der Waals surface area contributed by atoms with Gasteiger partial charge in [-0.15, -0.1) is 0 Å². The smallest absolute Gasteiger partial charge is 0.0925 e. The number of nitrogens with zero attached hydrogens (tertiary/aromatic N) is 2. The number of imidazole rings is 1. The predicted molar refractivity (Wildman–Crippen MR) is 69.9 cm³/mol. The number of likely N-dealkylation sites (N-methyl/N-ethyl adjacent to an activating group) is 1. The lowest BCUT2D eigenvalue weighted by molar-refractivity contribution is 0.274. The van der Waals surface area contributed by atoms with E-state index < -0.39 is 0 Å². The second-order valence-electron chi connectivity index (χ2n) is 5.08. The highest BCUT2D eigenvalue weighted by atomic mass is 15.1. The molecule has 1 atom stereocenters. The zero-order valence-electron chi connectivity index (χ0n) is 11.0. The highest BCUT2D eigenvalue weighted by Gasteiger charge is 2.20. The van der Waals surface area contributed by atoms with E-state index in [0.717, 1.165) is 19.5 Å². The van der Waals surface area contributed by atoms with Crippen molar-refractivity contribution in [2.75, 3.05) is 20.1 Å². The van der Waals surface area contributed by atoms with Crippen LogP contribution in [0, 0.1) is 0 Å². The topological polar surface area (TPSA) is 44.0 Å². The van der Waals surface area contributed by atoms with Crippen LogP contribution in [0.25, 0.3) is 0 Å². The van der Waals surface area contributed by atoms with E-state index in [-0.39, 0.29) is 0 Å². The van der Waals surface area contributed by atoms with Crippen LogP contribution in [0.3, 0.4) is 0 Å². The van der Waals surface area contributed by atoms with E-state index in [2.05, 4.69) is 34.2 Å². The number of rotatable bonds is 6. The van der Waals surface area contributed by atoms with Crippen molar-refractivity contribution in [3.63, 3.8) is 0 Å². The standard InChI is InChI=1S/C13H24N4/c1-3-4-5-6-17(2)9-11-7-12-13(8-14-11)16-10-15-12/h10-11,14H,3-9H2,1-2H3,(H,15,16). The molecule has 4 heteroatoms. The van der Waals surface area contributed by atoms with Gasteiger partial charge in [-0.2, -0.15) is 0 Å². The van der Waals surface area contributed by atoms with Gasteiger partial charge in [0.05, 0.1) is 17.7 Å². The number of fused-ring (bicyclic) bond motifs is 1. The van der Waals surface area contributed by atoms with Crippen LogP contribution in [0.2, 0.25) is 0 Å².